The van der Waals surface area contributed by atoms with Crippen LogP contribution in [0.2, 0.25) is 0 Å². The van der Waals surface area contributed by atoms with E-state index < -0.39 is 0 Å². The van der Waals surface area contributed by atoms with Crippen molar-refractivity contribution in [2.45, 2.75) is 32.7 Å². The Kier molecular flexibility index (Phi) is 7.33. The fraction of sp³-hybridized carbons (Fsp3) is 1.00. The van der Waals surface area contributed by atoms with E-state index in [4.69, 9.17) is 0 Å². The lowest BCUT2D eigenvalue weighted by atomic mass is 10.2. The van der Waals surface area contributed by atoms with Crippen LogP contribution in [0, 0.1) is 0 Å². The van der Waals surface area contributed by atoms with Gasteiger partial charge >= 0.3 is 0 Å². The lowest BCUT2D eigenvalue weighted by molar-refractivity contribution is 0.535. The Morgan fingerprint density at radius 3 is 2.67 bits per heavy atom. The predicted molar refractivity (Wildman–Crippen MR) is 51.3 cm³/mol. The molecule has 0 radical (unpaired) electrons. The summed E-state index contributed by atoms with van der Waals surface area (Å²) in [5, 5.41) is 3.43. The third-order valence-corrected chi connectivity index (χ3v) is 2.18. The van der Waals surface area contributed by atoms with Gasteiger partial charge in [-0.15, -0.1) is 0 Å². The quantitative estimate of drug-likeness (QED) is 0.442. The molecule has 2 heteroatoms. The molecule has 9 heavy (non-hydrogen) atoms. The van der Waals surface area contributed by atoms with Gasteiger partial charge in [-0.25, -0.2) is 0 Å². The molecule has 1 N–H and O–H groups in total. The summed E-state index contributed by atoms with van der Waals surface area (Å²) in [5.74, 6) is 0. The van der Waals surface area contributed by atoms with E-state index in [0.29, 0.717) is 6.04 Å². The second-order valence-electron chi connectivity index (χ2n) is 2.31. The van der Waals surface area contributed by atoms with Gasteiger partial charge in [0.2, 0.25) is 0 Å². The standard InChI is InChI=1S/C7H16IN/c1-3-7(2)9-6-4-5-8/h7,9H,3-6H2,1-2H3. The lowest BCUT2D eigenvalue weighted by Crippen LogP contribution is -2.26. The normalized spacial score (nSPS) is 13.7. The van der Waals surface area contributed by atoms with E-state index in [0.717, 1.165) is 0 Å². The number of rotatable bonds is 5. The van der Waals surface area contributed by atoms with Crippen LogP contribution < -0.4 is 5.32 Å². The largest absolute Gasteiger partial charge is 0.314 e. The van der Waals surface area contributed by atoms with Crippen molar-refractivity contribution in [2.75, 3.05) is 11.0 Å². The molecule has 0 aromatic rings. The van der Waals surface area contributed by atoms with Crippen molar-refractivity contribution >= 4 is 22.6 Å². The summed E-state index contributed by atoms with van der Waals surface area (Å²) < 4.78 is 1.27. The highest BCUT2D eigenvalue weighted by molar-refractivity contribution is 14.1. The highest BCUT2D eigenvalue weighted by Crippen LogP contribution is 1.90. The molecule has 0 spiro atoms. The molecular weight excluding hydrogens is 225 g/mol. The molecule has 1 nitrogen and oxygen atoms in total. The number of hydrogen-bond acceptors (Lipinski definition) is 1. The van der Waals surface area contributed by atoms with Crippen LogP contribution in [0.1, 0.15) is 26.7 Å². The number of alkyl halides is 1. The van der Waals surface area contributed by atoms with Crippen LogP contribution in [0.5, 0.6) is 0 Å². The van der Waals surface area contributed by atoms with Crippen molar-refractivity contribution in [2.24, 2.45) is 0 Å². The van der Waals surface area contributed by atoms with Crippen molar-refractivity contribution in [1.82, 2.24) is 5.32 Å². The van der Waals surface area contributed by atoms with Crippen molar-refractivity contribution < 1.29 is 0 Å². The van der Waals surface area contributed by atoms with Gasteiger partial charge < -0.3 is 5.32 Å². The summed E-state index contributed by atoms with van der Waals surface area (Å²) in [5.41, 5.74) is 0. The van der Waals surface area contributed by atoms with Gasteiger partial charge in [0.25, 0.3) is 0 Å². The molecule has 0 saturated carbocycles. The van der Waals surface area contributed by atoms with E-state index in [9.17, 15) is 0 Å². The van der Waals surface area contributed by atoms with Crippen molar-refractivity contribution in [3.05, 3.63) is 0 Å². The monoisotopic (exact) mass is 241 g/mol. The summed E-state index contributed by atoms with van der Waals surface area (Å²) in [6, 6.07) is 0.702. The molecule has 1 atom stereocenters. The first kappa shape index (κ1) is 9.69. The molecule has 0 rings (SSSR count). The summed E-state index contributed by atoms with van der Waals surface area (Å²) in [4.78, 5) is 0. The van der Waals surface area contributed by atoms with Gasteiger partial charge in [0.15, 0.2) is 0 Å². The molecule has 0 aromatic carbocycles. The molecule has 0 heterocycles. The second kappa shape index (κ2) is 6.81. The second-order valence-corrected chi connectivity index (χ2v) is 3.38. The zero-order valence-electron chi connectivity index (χ0n) is 6.28. The van der Waals surface area contributed by atoms with E-state index >= 15 is 0 Å². The van der Waals surface area contributed by atoms with Crippen molar-refractivity contribution in [1.29, 1.82) is 0 Å². The molecule has 0 amide bonds. The summed E-state index contributed by atoms with van der Waals surface area (Å²) >= 11 is 2.41. The fourth-order valence-electron chi connectivity index (χ4n) is 0.560. The highest BCUT2D eigenvalue weighted by atomic mass is 127. The summed E-state index contributed by atoms with van der Waals surface area (Å²) in [7, 11) is 0. The van der Waals surface area contributed by atoms with Crippen molar-refractivity contribution in [3.63, 3.8) is 0 Å². The Bertz CT molecular complexity index is 56.9. The first-order valence-electron chi connectivity index (χ1n) is 3.60. The molecule has 0 bridgehead atoms. The fourth-order valence-corrected chi connectivity index (χ4v) is 0.941. The van der Waals surface area contributed by atoms with E-state index in [1.54, 1.807) is 0 Å². The van der Waals surface area contributed by atoms with Crippen LogP contribution in [0.15, 0.2) is 0 Å². The summed E-state index contributed by atoms with van der Waals surface area (Å²) in [6.07, 6.45) is 2.53. The average molecular weight is 241 g/mol. The molecule has 0 aliphatic carbocycles. The number of nitrogens with one attached hydrogen (secondary N) is 1. The lowest BCUT2D eigenvalue weighted by Gasteiger charge is -2.09. The zero-order valence-corrected chi connectivity index (χ0v) is 8.44. The highest BCUT2D eigenvalue weighted by Gasteiger charge is 1.93. The molecule has 0 aliphatic rings. The van der Waals surface area contributed by atoms with Gasteiger partial charge in [-0.3, -0.25) is 0 Å². The number of hydrogen-bond donors (Lipinski definition) is 1. The minimum absolute atomic E-state index is 0.702. The van der Waals surface area contributed by atoms with Crippen LogP contribution >= 0.6 is 22.6 Å². The van der Waals surface area contributed by atoms with E-state index in [-0.39, 0.29) is 0 Å². The van der Waals surface area contributed by atoms with E-state index in [1.165, 1.54) is 23.8 Å². The third-order valence-electron chi connectivity index (χ3n) is 1.42. The molecule has 0 fully saturated rings. The SMILES string of the molecule is CCC(C)NCCCI. The summed E-state index contributed by atoms with van der Waals surface area (Å²) in [6.45, 7) is 5.62. The first-order valence-corrected chi connectivity index (χ1v) is 5.13. The maximum absolute atomic E-state index is 3.43. The van der Waals surface area contributed by atoms with Crippen LogP contribution in [0.4, 0.5) is 0 Å². The van der Waals surface area contributed by atoms with Crippen LogP contribution in [-0.4, -0.2) is 17.0 Å². The van der Waals surface area contributed by atoms with Crippen LogP contribution in [0.25, 0.3) is 0 Å². The van der Waals surface area contributed by atoms with Gasteiger partial charge in [0.05, 0.1) is 0 Å². The average Bonchev–Trinajstić information content (AvgIpc) is 1.89. The Morgan fingerprint density at radius 1 is 1.56 bits per heavy atom. The Hall–Kier alpha value is 0.690. The molecule has 0 saturated heterocycles. The van der Waals surface area contributed by atoms with Gasteiger partial charge in [-0.2, -0.15) is 0 Å². The van der Waals surface area contributed by atoms with E-state index in [1.807, 2.05) is 0 Å². The van der Waals surface area contributed by atoms with Gasteiger partial charge in [-0.05, 0) is 26.3 Å². The first-order chi connectivity index (χ1) is 4.31. The maximum Gasteiger partial charge on any atom is 0.00361 e. The molecule has 0 aliphatic heterocycles. The zero-order chi connectivity index (χ0) is 7.11. The Labute approximate surface area is 71.7 Å². The minimum Gasteiger partial charge on any atom is -0.314 e. The smallest absolute Gasteiger partial charge is 0.00361 e. The molecule has 1 unspecified atom stereocenters. The van der Waals surface area contributed by atoms with Crippen LogP contribution in [0.3, 0.4) is 0 Å². The molecule has 0 aromatic heterocycles. The maximum atomic E-state index is 3.43. The minimum atomic E-state index is 0.702. The van der Waals surface area contributed by atoms with Gasteiger partial charge in [0.1, 0.15) is 0 Å². The molecule has 56 valence electrons. The Morgan fingerprint density at radius 2 is 2.22 bits per heavy atom. The van der Waals surface area contributed by atoms with Gasteiger partial charge in [0, 0.05) is 10.5 Å². The third kappa shape index (κ3) is 6.58. The number of halogens is 1. The van der Waals surface area contributed by atoms with E-state index in [2.05, 4.69) is 41.8 Å². The van der Waals surface area contributed by atoms with Crippen LogP contribution in [-0.2, 0) is 0 Å². The predicted octanol–water partition coefficient (Wildman–Crippen LogP) is 2.20. The van der Waals surface area contributed by atoms with Gasteiger partial charge in [-0.1, -0.05) is 29.5 Å². The Balaban J connectivity index is 2.88. The van der Waals surface area contributed by atoms with Crippen molar-refractivity contribution in [3.8, 4) is 0 Å². The topological polar surface area (TPSA) is 12.0 Å². The molecular formula is C7H16IN.